The molecule has 8 heteroatoms. The number of fused-ring (bicyclic) bond motifs is 1. The number of para-hydroxylation sites is 1. The largest absolute Gasteiger partial charge is 0.511 e. The van der Waals surface area contributed by atoms with Crippen LogP contribution in [0.5, 0.6) is 5.75 Å². The lowest BCUT2D eigenvalue weighted by molar-refractivity contribution is 0.144. The molecule has 0 amide bonds. The fourth-order valence-electron chi connectivity index (χ4n) is 4.74. The first-order chi connectivity index (χ1) is 17.8. The van der Waals surface area contributed by atoms with Crippen LogP contribution in [-0.4, -0.2) is 35.8 Å². The number of hydrogen-bond donors (Lipinski definition) is 1. The molecule has 0 saturated heterocycles. The summed E-state index contributed by atoms with van der Waals surface area (Å²) in [4.78, 5) is 20.9. The van der Waals surface area contributed by atoms with Gasteiger partial charge in [0.05, 0.1) is 16.7 Å². The van der Waals surface area contributed by atoms with Gasteiger partial charge >= 0.3 is 6.16 Å². The first-order valence-electron chi connectivity index (χ1n) is 12.4. The quantitative estimate of drug-likeness (QED) is 0.214. The number of imidazole rings is 2. The molecule has 3 N–H and O–H groups in total. The molecule has 38 heavy (non-hydrogen) atoms. The van der Waals surface area contributed by atoms with Gasteiger partial charge < -0.3 is 24.5 Å². The van der Waals surface area contributed by atoms with Crippen molar-refractivity contribution in [3.05, 3.63) is 89.6 Å². The van der Waals surface area contributed by atoms with E-state index >= 15 is 0 Å². The predicted molar refractivity (Wildman–Crippen MR) is 149 cm³/mol. The molecule has 2 heterocycles. The third-order valence-corrected chi connectivity index (χ3v) is 6.69. The predicted octanol–water partition coefficient (Wildman–Crippen LogP) is 5.95. The SMILES string of the molecule is CCCc1nc2c(C)cc(-c3cn(C)c(C)n3)cc2n1Cc1ccc(-c2ccccc2OC(=O)O)cc1.O. The van der Waals surface area contributed by atoms with Gasteiger partial charge in [-0.2, -0.15) is 0 Å². The zero-order valence-electron chi connectivity index (χ0n) is 22.0. The van der Waals surface area contributed by atoms with E-state index in [4.69, 9.17) is 19.8 Å². The highest BCUT2D eigenvalue weighted by Gasteiger charge is 2.16. The van der Waals surface area contributed by atoms with Gasteiger partial charge in [-0.3, -0.25) is 0 Å². The zero-order chi connectivity index (χ0) is 26.1. The third kappa shape index (κ3) is 5.17. The number of nitrogens with zero attached hydrogens (tertiary/aromatic N) is 4. The topological polar surface area (TPSA) is 114 Å². The van der Waals surface area contributed by atoms with Crippen molar-refractivity contribution in [1.29, 1.82) is 0 Å². The summed E-state index contributed by atoms with van der Waals surface area (Å²) in [6, 6.07) is 19.7. The highest BCUT2D eigenvalue weighted by atomic mass is 16.7. The summed E-state index contributed by atoms with van der Waals surface area (Å²) in [5.41, 5.74) is 8.08. The molecule has 0 unspecified atom stereocenters. The Hall–Kier alpha value is -4.43. The first kappa shape index (κ1) is 26.6. The van der Waals surface area contributed by atoms with Gasteiger partial charge in [0.1, 0.15) is 17.4 Å². The molecule has 8 nitrogen and oxygen atoms in total. The van der Waals surface area contributed by atoms with Crippen molar-refractivity contribution in [3.63, 3.8) is 0 Å². The normalized spacial score (nSPS) is 10.9. The molecule has 0 spiro atoms. The van der Waals surface area contributed by atoms with Crippen molar-refractivity contribution in [1.82, 2.24) is 19.1 Å². The van der Waals surface area contributed by atoms with Crippen LogP contribution < -0.4 is 4.74 Å². The molecular formula is C30H32N4O4. The zero-order valence-corrected chi connectivity index (χ0v) is 22.0. The Morgan fingerprint density at radius 3 is 2.39 bits per heavy atom. The molecule has 0 atom stereocenters. The first-order valence-corrected chi connectivity index (χ1v) is 12.4. The van der Waals surface area contributed by atoms with Crippen molar-refractivity contribution in [2.75, 3.05) is 0 Å². The maximum Gasteiger partial charge on any atom is 0.511 e. The molecule has 0 fully saturated rings. The third-order valence-electron chi connectivity index (χ3n) is 6.69. The van der Waals surface area contributed by atoms with Gasteiger partial charge in [0.2, 0.25) is 0 Å². The molecule has 0 aliphatic rings. The number of rotatable bonds is 7. The Bertz CT molecular complexity index is 1580. The molecule has 5 rings (SSSR count). The standard InChI is InChI=1S/C30H30N4O3.H2O/c1-5-8-28-32-29-19(2)15-23(25-18-33(4)20(3)31-25)16-26(29)34(28)17-21-11-13-22(14-12-21)24-9-6-7-10-27(24)37-30(35)36;/h6-7,9-16,18H,5,8,17H2,1-4H3,(H,35,36);1H2. The van der Waals surface area contributed by atoms with Crippen LogP contribution in [0.1, 0.15) is 36.1 Å². The van der Waals surface area contributed by atoms with E-state index in [1.165, 1.54) is 0 Å². The molecular weight excluding hydrogens is 480 g/mol. The Kier molecular flexibility index (Phi) is 7.64. The van der Waals surface area contributed by atoms with Crippen molar-refractivity contribution in [3.8, 4) is 28.1 Å². The van der Waals surface area contributed by atoms with Crippen LogP contribution in [0.25, 0.3) is 33.4 Å². The average molecular weight is 513 g/mol. The Labute approximate surface area is 221 Å². The van der Waals surface area contributed by atoms with E-state index in [-0.39, 0.29) is 5.48 Å². The summed E-state index contributed by atoms with van der Waals surface area (Å²) in [6.07, 6.45) is 2.64. The van der Waals surface area contributed by atoms with E-state index in [1.54, 1.807) is 12.1 Å². The number of carboxylic acid groups (broad SMARTS) is 1. The molecule has 0 bridgehead atoms. The van der Waals surface area contributed by atoms with Gasteiger partial charge in [-0.15, -0.1) is 0 Å². The van der Waals surface area contributed by atoms with Crippen LogP contribution >= 0.6 is 0 Å². The van der Waals surface area contributed by atoms with E-state index in [2.05, 4.69) is 48.9 Å². The molecule has 0 saturated carbocycles. The molecule has 0 aliphatic heterocycles. The van der Waals surface area contributed by atoms with Gasteiger partial charge in [0.15, 0.2) is 0 Å². The van der Waals surface area contributed by atoms with E-state index in [0.717, 1.165) is 69.0 Å². The highest BCUT2D eigenvalue weighted by Crippen LogP contribution is 2.32. The number of benzene rings is 3. The maximum atomic E-state index is 11.1. The van der Waals surface area contributed by atoms with Gasteiger partial charge in [0, 0.05) is 37.3 Å². The second-order valence-electron chi connectivity index (χ2n) is 9.37. The van der Waals surface area contributed by atoms with Crippen LogP contribution in [0.15, 0.2) is 66.9 Å². The van der Waals surface area contributed by atoms with E-state index < -0.39 is 6.16 Å². The van der Waals surface area contributed by atoms with Crippen LogP contribution in [0.4, 0.5) is 4.79 Å². The minimum absolute atomic E-state index is 0. The molecule has 0 aliphatic carbocycles. The number of aromatic nitrogens is 4. The van der Waals surface area contributed by atoms with Gasteiger partial charge in [-0.05, 0) is 55.2 Å². The van der Waals surface area contributed by atoms with Crippen LogP contribution in [0, 0.1) is 13.8 Å². The Morgan fingerprint density at radius 1 is 1.00 bits per heavy atom. The maximum absolute atomic E-state index is 11.1. The van der Waals surface area contributed by atoms with Crippen molar-refractivity contribution in [2.24, 2.45) is 7.05 Å². The van der Waals surface area contributed by atoms with Gasteiger partial charge in [-0.25, -0.2) is 14.8 Å². The van der Waals surface area contributed by atoms with E-state index in [1.807, 2.05) is 42.8 Å². The fraction of sp³-hybridized carbons (Fsp3) is 0.233. The van der Waals surface area contributed by atoms with Crippen LogP contribution in [0.3, 0.4) is 0 Å². The van der Waals surface area contributed by atoms with E-state index in [0.29, 0.717) is 12.3 Å². The molecule has 3 aromatic carbocycles. The van der Waals surface area contributed by atoms with Crippen LogP contribution in [-0.2, 0) is 20.0 Å². The van der Waals surface area contributed by atoms with Crippen molar-refractivity contribution in [2.45, 2.75) is 40.2 Å². The lowest BCUT2D eigenvalue weighted by Crippen LogP contribution is -2.05. The summed E-state index contributed by atoms with van der Waals surface area (Å²) in [5, 5.41) is 9.07. The number of aryl methyl sites for hydroxylation is 4. The Morgan fingerprint density at radius 2 is 1.74 bits per heavy atom. The Balaban J connectivity index is 0.00000336. The summed E-state index contributed by atoms with van der Waals surface area (Å²) < 4.78 is 9.32. The summed E-state index contributed by atoms with van der Waals surface area (Å²) in [7, 11) is 2.01. The number of ether oxygens (including phenoxy) is 1. The van der Waals surface area contributed by atoms with Crippen LogP contribution in [0.2, 0.25) is 0 Å². The average Bonchev–Trinajstić information content (AvgIpc) is 3.39. The molecule has 5 aromatic rings. The second kappa shape index (κ2) is 10.9. The van der Waals surface area contributed by atoms with Crippen molar-refractivity contribution >= 4 is 17.2 Å². The minimum Gasteiger partial charge on any atom is -0.449 e. The molecule has 2 aromatic heterocycles. The van der Waals surface area contributed by atoms with Gasteiger partial charge in [0.25, 0.3) is 0 Å². The minimum atomic E-state index is -1.32. The lowest BCUT2D eigenvalue weighted by atomic mass is 10.0. The highest BCUT2D eigenvalue weighted by molar-refractivity contribution is 5.85. The smallest absolute Gasteiger partial charge is 0.449 e. The molecule has 0 radical (unpaired) electrons. The van der Waals surface area contributed by atoms with Gasteiger partial charge in [-0.1, -0.05) is 49.4 Å². The number of hydrogen-bond acceptors (Lipinski definition) is 4. The molecule has 196 valence electrons. The van der Waals surface area contributed by atoms with Crippen molar-refractivity contribution < 1.29 is 20.1 Å². The summed E-state index contributed by atoms with van der Waals surface area (Å²) in [6.45, 7) is 6.97. The number of carbonyl (C=O) groups is 1. The monoisotopic (exact) mass is 512 g/mol. The fourth-order valence-corrected chi connectivity index (χ4v) is 4.74. The summed E-state index contributed by atoms with van der Waals surface area (Å²) in [5.74, 6) is 2.36. The summed E-state index contributed by atoms with van der Waals surface area (Å²) >= 11 is 0. The lowest BCUT2D eigenvalue weighted by Gasteiger charge is -2.12. The van der Waals surface area contributed by atoms with E-state index in [9.17, 15) is 4.79 Å². The second-order valence-corrected chi connectivity index (χ2v) is 9.37.